The van der Waals surface area contributed by atoms with Gasteiger partial charge in [0.05, 0.1) is 12.5 Å². The molecular formula is C16H19NO3. The first-order chi connectivity index (χ1) is 9.56. The summed E-state index contributed by atoms with van der Waals surface area (Å²) in [4.78, 5) is 24.9. The highest BCUT2D eigenvalue weighted by Crippen LogP contribution is 2.35. The predicted molar refractivity (Wildman–Crippen MR) is 74.2 cm³/mol. The van der Waals surface area contributed by atoms with Gasteiger partial charge in [-0.05, 0) is 29.5 Å². The summed E-state index contributed by atoms with van der Waals surface area (Å²) in [6, 6.07) is 5.40. The van der Waals surface area contributed by atoms with E-state index in [1.54, 1.807) is 12.1 Å². The number of hydrogen-bond acceptors (Lipinski definition) is 3. The van der Waals surface area contributed by atoms with Gasteiger partial charge in [-0.1, -0.05) is 31.4 Å². The van der Waals surface area contributed by atoms with Gasteiger partial charge in [-0.2, -0.15) is 0 Å². The lowest BCUT2D eigenvalue weighted by atomic mass is 9.80. The summed E-state index contributed by atoms with van der Waals surface area (Å²) >= 11 is 0. The Morgan fingerprint density at radius 3 is 2.75 bits per heavy atom. The lowest BCUT2D eigenvalue weighted by Crippen LogP contribution is -2.39. The molecule has 0 saturated heterocycles. The topological polar surface area (TPSA) is 57.6 Å². The van der Waals surface area contributed by atoms with Gasteiger partial charge in [0.2, 0.25) is 5.91 Å². The standard InChI is InChI=1S/C16H19NO3/c1-17-15(19)9-11-5-6-12(8-13(11)16(17)20)14(18)7-10-3-2-4-10/h5-6,8,10,14,18H,2-4,7,9H2,1H3. The zero-order chi connectivity index (χ0) is 14.3. The molecular weight excluding hydrogens is 254 g/mol. The molecule has 1 aromatic rings. The predicted octanol–water partition coefficient (Wildman–Crippen LogP) is 2.06. The first kappa shape index (κ1) is 13.3. The van der Waals surface area contributed by atoms with Crippen molar-refractivity contribution in [3.63, 3.8) is 0 Å². The zero-order valence-corrected chi connectivity index (χ0v) is 11.6. The van der Waals surface area contributed by atoms with Gasteiger partial charge < -0.3 is 5.11 Å². The second kappa shape index (κ2) is 5.02. The molecule has 1 aliphatic heterocycles. The van der Waals surface area contributed by atoms with Crippen LogP contribution >= 0.6 is 0 Å². The fraction of sp³-hybridized carbons (Fsp3) is 0.500. The van der Waals surface area contributed by atoms with E-state index in [-0.39, 0.29) is 18.2 Å². The molecule has 1 saturated carbocycles. The molecule has 2 aliphatic rings. The average Bonchev–Trinajstić information content (AvgIpc) is 2.40. The number of rotatable bonds is 3. The number of nitrogens with zero attached hydrogens (tertiary/aromatic N) is 1. The molecule has 0 radical (unpaired) electrons. The van der Waals surface area contributed by atoms with Crippen LogP contribution in [-0.2, 0) is 11.2 Å². The number of hydrogen-bond donors (Lipinski definition) is 1. The highest BCUT2D eigenvalue weighted by atomic mass is 16.3. The monoisotopic (exact) mass is 273 g/mol. The van der Waals surface area contributed by atoms with E-state index < -0.39 is 6.10 Å². The molecule has 106 valence electrons. The molecule has 1 unspecified atom stereocenters. The first-order valence-electron chi connectivity index (χ1n) is 7.18. The number of carbonyl (C=O) groups excluding carboxylic acids is 2. The number of benzene rings is 1. The first-order valence-corrected chi connectivity index (χ1v) is 7.18. The van der Waals surface area contributed by atoms with Crippen molar-refractivity contribution in [1.29, 1.82) is 0 Å². The molecule has 2 amide bonds. The van der Waals surface area contributed by atoms with E-state index in [2.05, 4.69) is 0 Å². The maximum absolute atomic E-state index is 12.1. The van der Waals surface area contributed by atoms with E-state index in [0.717, 1.165) is 22.4 Å². The quantitative estimate of drug-likeness (QED) is 0.858. The van der Waals surface area contributed by atoms with Crippen LogP contribution in [0.3, 0.4) is 0 Å². The van der Waals surface area contributed by atoms with Crippen molar-refractivity contribution in [2.45, 2.75) is 38.2 Å². The van der Waals surface area contributed by atoms with Gasteiger partial charge in [0.15, 0.2) is 0 Å². The van der Waals surface area contributed by atoms with E-state index in [9.17, 15) is 14.7 Å². The largest absolute Gasteiger partial charge is 0.388 e. The van der Waals surface area contributed by atoms with E-state index >= 15 is 0 Å². The number of amides is 2. The Labute approximate surface area is 118 Å². The molecule has 1 heterocycles. The molecule has 1 atom stereocenters. The second-order valence-corrected chi connectivity index (χ2v) is 5.90. The van der Waals surface area contributed by atoms with Crippen LogP contribution in [0.2, 0.25) is 0 Å². The van der Waals surface area contributed by atoms with Gasteiger partial charge in [-0.15, -0.1) is 0 Å². The highest BCUT2D eigenvalue weighted by molar-refractivity contribution is 6.09. The summed E-state index contributed by atoms with van der Waals surface area (Å²) in [6.07, 6.45) is 4.16. The number of aliphatic hydroxyl groups excluding tert-OH is 1. The minimum atomic E-state index is -0.513. The molecule has 1 aliphatic carbocycles. The van der Waals surface area contributed by atoms with Crippen molar-refractivity contribution < 1.29 is 14.7 Å². The number of carbonyl (C=O) groups is 2. The number of aliphatic hydroxyl groups is 1. The van der Waals surface area contributed by atoms with Gasteiger partial charge >= 0.3 is 0 Å². The summed E-state index contributed by atoms with van der Waals surface area (Å²) < 4.78 is 0. The molecule has 20 heavy (non-hydrogen) atoms. The smallest absolute Gasteiger partial charge is 0.260 e. The summed E-state index contributed by atoms with van der Waals surface area (Å²) in [6.45, 7) is 0. The molecule has 1 fully saturated rings. The minimum absolute atomic E-state index is 0.176. The summed E-state index contributed by atoms with van der Waals surface area (Å²) in [5.74, 6) is 0.167. The fourth-order valence-corrected chi connectivity index (χ4v) is 2.91. The highest BCUT2D eigenvalue weighted by Gasteiger charge is 2.29. The van der Waals surface area contributed by atoms with Crippen molar-refractivity contribution in [3.05, 3.63) is 34.9 Å². The van der Waals surface area contributed by atoms with E-state index in [1.807, 2.05) is 6.07 Å². The number of imide groups is 1. The average molecular weight is 273 g/mol. The van der Waals surface area contributed by atoms with Gasteiger partial charge in [0, 0.05) is 12.6 Å². The van der Waals surface area contributed by atoms with Crippen LogP contribution < -0.4 is 0 Å². The van der Waals surface area contributed by atoms with Crippen molar-refractivity contribution in [2.24, 2.45) is 5.92 Å². The van der Waals surface area contributed by atoms with Crippen molar-refractivity contribution >= 4 is 11.8 Å². The van der Waals surface area contributed by atoms with Crippen LogP contribution in [0.5, 0.6) is 0 Å². The maximum Gasteiger partial charge on any atom is 0.260 e. The summed E-state index contributed by atoms with van der Waals surface area (Å²) in [5, 5.41) is 10.3. The lowest BCUT2D eigenvalue weighted by molar-refractivity contribution is -0.127. The maximum atomic E-state index is 12.1. The molecule has 1 aromatic carbocycles. The third-order valence-electron chi connectivity index (χ3n) is 4.55. The minimum Gasteiger partial charge on any atom is -0.388 e. The third-order valence-corrected chi connectivity index (χ3v) is 4.55. The van der Waals surface area contributed by atoms with Gasteiger partial charge in [0.25, 0.3) is 5.91 Å². The van der Waals surface area contributed by atoms with Crippen molar-refractivity contribution in [2.75, 3.05) is 7.05 Å². The summed E-state index contributed by atoms with van der Waals surface area (Å²) in [7, 11) is 1.51. The van der Waals surface area contributed by atoms with Gasteiger partial charge in [-0.25, -0.2) is 0 Å². The van der Waals surface area contributed by atoms with Crippen LogP contribution in [0.1, 0.15) is 53.3 Å². The Morgan fingerprint density at radius 2 is 2.10 bits per heavy atom. The fourth-order valence-electron chi connectivity index (χ4n) is 2.91. The summed E-state index contributed by atoms with van der Waals surface area (Å²) in [5.41, 5.74) is 2.10. The van der Waals surface area contributed by atoms with Crippen molar-refractivity contribution in [1.82, 2.24) is 4.90 Å². The molecule has 4 nitrogen and oxygen atoms in total. The lowest BCUT2D eigenvalue weighted by Gasteiger charge is -2.28. The number of likely N-dealkylation sites (N-methyl/N-ethyl adjacent to an activating group) is 1. The normalized spacial score (nSPS) is 20.6. The van der Waals surface area contributed by atoms with Crippen molar-refractivity contribution in [3.8, 4) is 0 Å². The van der Waals surface area contributed by atoms with E-state index in [4.69, 9.17) is 0 Å². The molecule has 4 heteroatoms. The second-order valence-electron chi connectivity index (χ2n) is 5.90. The van der Waals surface area contributed by atoms with Crippen LogP contribution in [0.25, 0.3) is 0 Å². The molecule has 0 bridgehead atoms. The number of fused-ring (bicyclic) bond motifs is 1. The third kappa shape index (κ3) is 2.24. The SMILES string of the molecule is CN1C(=O)Cc2ccc(C(O)CC3CCC3)cc2C1=O. The van der Waals surface area contributed by atoms with Gasteiger partial charge in [-0.3, -0.25) is 14.5 Å². The van der Waals surface area contributed by atoms with Crippen LogP contribution in [-0.4, -0.2) is 28.9 Å². The van der Waals surface area contributed by atoms with Crippen LogP contribution in [0.15, 0.2) is 18.2 Å². The Kier molecular flexibility index (Phi) is 3.34. The molecule has 0 aromatic heterocycles. The van der Waals surface area contributed by atoms with Crippen LogP contribution in [0, 0.1) is 5.92 Å². The van der Waals surface area contributed by atoms with Gasteiger partial charge in [0.1, 0.15) is 0 Å². The Morgan fingerprint density at radius 1 is 1.35 bits per heavy atom. The Bertz CT molecular complexity index is 563. The zero-order valence-electron chi connectivity index (χ0n) is 11.6. The Hall–Kier alpha value is -1.68. The molecule has 0 spiro atoms. The Balaban J connectivity index is 1.84. The van der Waals surface area contributed by atoms with E-state index in [0.29, 0.717) is 11.5 Å². The molecule has 1 N–H and O–H groups in total. The van der Waals surface area contributed by atoms with Crippen LogP contribution in [0.4, 0.5) is 0 Å². The van der Waals surface area contributed by atoms with E-state index in [1.165, 1.54) is 26.3 Å². The molecule has 3 rings (SSSR count).